The predicted octanol–water partition coefficient (Wildman–Crippen LogP) is 3.10. The fourth-order valence-corrected chi connectivity index (χ4v) is 2.75. The second kappa shape index (κ2) is 8.89. The topological polar surface area (TPSA) is 65.4 Å². The largest absolute Gasteiger partial charge is 0.494 e. The molecule has 0 unspecified atom stereocenters. The summed E-state index contributed by atoms with van der Waals surface area (Å²) >= 11 is 0. The van der Waals surface area contributed by atoms with Crippen molar-refractivity contribution in [3.63, 3.8) is 0 Å². The van der Waals surface area contributed by atoms with E-state index in [0.29, 0.717) is 12.4 Å². The Balaban J connectivity index is 1.65. The van der Waals surface area contributed by atoms with Crippen LogP contribution < -0.4 is 14.8 Å². The molecule has 0 radical (unpaired) electrons. The van der Waals surface area contributed by atoms with Crippen LogP contribution in [0.5, 0.6) is 11.5 Å². The average molecular weight is 365 g/mol. The lowest BCUT2D eigenvalue weighted by molar-refractivity contribution is -0.123. The summed E-state index contributed by atoms with van der Waals surface area (Å²) in [5.41, 5.74) is 0.959. The first-order valence-electron chi connectivity index (χ1n) is 8.84. The number of hydrogen-bond donors (Lipinski definition) is 1. The van der Waals surface area contributed by atoms with Crippen molar-refractivity contribution >= 4 is 5.91 Å². The van der Waals surface area contributed by atoms with Gasteiger partial charge in [0, 0.05) is 19.4 Å². The average Bonchev–Trinajstić information content (AvgIpc) is 3.12. The molecular weight excluding hydrogens is 342 g/mol. The maximum atomic E-state index is 12.5. The molecule has 3 aromatic rings. The first-order valence-corrected chi connectivity index (χ1v) is 8.84. The van der Waals surface area contributed by atoms with Crippen LogP contribution in [0.4, 0.5) is 0 Å². The minimum Gasteiger partial charge on any atom is -0.494 e. The van der Waals surface area contributed by atoms with Gasteiger partial charge in [-0.2, -0.15) is 0 Å². The third-order valence-electron chi connectivity index (χ3n) is 4.06. The molecule has 6 heteroatoms. The second-order valence-corrected chi connectivity index (χ2v) is 6.00. The van der Waals surface area contributed by atoms with Crippen molar-refractivity contribution in [1.29, 1.82) is 0 Å². The summed E-state index contributed by atoms with van der Waals surface area (Å²) in [6.45, 7) is 2.46. The molecule has 0 aliphatic rings. The van der Waals surface area contributed by atoms with Crippen molar-refractivity contribution in [3.8, 4) is 11.5 Å². The van der Waals surface area contributed by atoms with Crippen LogP contribution in [0.3, 0.4) is 0 Å². The Morgan fingerprint density at radius 3 is 2.33 bits per heavy atom. The van der Waals surface area contributed by atoms with Crippen LogP contribution in [0, 0.1) is 0 Å². The molecule has 140 valence electrons. The first-order chi connectivity index (χ1) is 13.2. The molecule has 1 N–H and O–H groups in total. The number of carbonyl (C=O) groups excluding carboxylic acids is 1. The molecule has 0 aliphatic carbocycles. The van der Waals surface area contributed by atoms with E-state index in [4.69, 9.17) is 9.47 Å². The summed E-state index contributed by atoms with van der Waals surface area (Å²) in [6, 6.07) is 16.6. The molecule has 1 aromatic heterocycles. The monoisotopic (exact) mass is 365 g/mol. The van der Waals surface area contributed by atoms with Crippen molar-refractivity contribution in [2.75, 3.05) is 13.2 Å². The van der Waals surface area contributed by atoms with Gasteiger partial charge in [-0.3, -0.25) is 4.79 Å². The van der Waals surface area contributed by atoms with Gasteiger partial charge >= 0.3 is 0 Å². The molecule has 27 heavy (non-hydrogen) atoms. The van der Waals surface area contributed by atoms with E-state index in [0.717, 1.165) is 17.1 Å². The highest BCUT2D eigenvalue weighted by Crippen LogP contribution is 2.20. The Morgan fingerprint density at radius 1 is 1.07 bits per heavy atom. The molecule has 1 atom stereocenters. The Bertz CT molecular complexity index is 860. The van der Waals surface area contributed by atoms with Gasteiger partial charge in [0.05, 0.1) is 6.61 Å². The number of aromatic nitrogens is 2. The number of nitrogens with one attached hydrogen (secondary N) is 1. The summed E-state index contributed by atoms with van der Waals surface area (Å²) in [5.74, 6) is 1.92. The summed E-state index contributed by atoms with van der Waals surface area (Å²) in [4.78, 5) is 16.9. The molecule has 3 rings (SSSR count). The number of carbonyl (C=O) groups is 1. The third-order valence-corrected chi connectivity index (χ3v) is 4.06. The summed E-state index contributed by atoms with van der Waals surface area (Å²) in [5, 5.41) is 3.01. The molecule has 2 aromatic carbocycles. The standard InChI is InChI=1S/C21H23N3O3/c1-3-26-17-9-11-18(12-10-17)27-15-19(25)23-20(16-7-5-4-6-8-16)21-22-13-14-24(21)2/h4-14,20H,3,15H2,1-2H3,(H,23,25)/t20-/m0/s1. The Labute approximate surface area is 158 Å². The summed E-state index contributed by atoms with van der Waals surface area (Å²) in [7, 11) is 1.90. The van der Waals surface area contributed by atoms with Crippen molar-refractivity contribution in [3.05, 3.63) is 78.4 Å². The van der Waals surface area contributed by atoms with Gasteiger partial charge in [-0.05, 0) is 36.8 Å². The Kier molecular flexibility index (Phi) is 6.10. The molecule has 0 aliphatic heterocycles. The van der Waals surface area contributed by atoms with Crippen LogP contribution >= 0.6 is 0 Å². The van der Waals surface area contributed by atoms with Gasteiger partial charge in [-0.15, -0.1) is 0 Å². The number of nitrogens with zero attached hydrogens (tertiary/aromatic N) is 2. The molecule has 0 saturated heterocycles. The summed E-state index contributed by atoms with van der Waals surface area (Å²) in [6.07, 6.45) is 3.57. The lowest BCUT2D eigenvalue weighted by Gasteiger charge is -2.19. The van der Waals surface area contributed by atoms with E-state index in [9.17, 15) is 4.79 Å². The predicted molar refractivity (Wildman–Crippen MR) is 103 cm³/mol. The van der Waals surface area contributed by atoms with Crippen molar-refractivity contribution in [2.24, 2.45) is 7.05 Å². The van der Waals surface area contributed by atoms with E-state index in [1.807, 2.05) is 67.2 Å². The normalized spacial score (nSPS) is 11.6. The van der Waals surface area contributed by atoms with Crippen LogP contribution in [0.15, 0.2) is 67.0 Å². The van der Waals surface area contributed by atoms with Crippen LogP contribution in [-0.2, 0) is 11.8 Å². The number of ether oxygens (including phenoxy) is 2. The highest BCUT2D eigenvalue weighted by atomic mass is 16.5. The van der Waals surface area contributed by atoms with Gasteiger partial charge in [0.25, 0.3) is 5.91 Å². The lowest BCUT2D eigenvalue weighted by Crippen LogP contribution is -2.34. The second-order valence-electron chi connectivity index (χ2n) is 6.00. The highest BCUT2D eigenvalue weighted by Gasteiger charge is 2.20. The first kappa shape index (κ1) is 18.5. The highest BCUT2D eigenvalue weighted by molar-refractivity contribution is 5.78. The molecule has 0 fully saturated rings. The van der Waals surface area contributed by atoms with Crippen LogP contribution in [0.2, 0.25) is 0 Å². The zero-order valence-electron chi connectivity index (χ0n) is 15.5. The molecule has 0 spiro atoms. The van der Waals surface area contributed by atoms with Gasteiger partial charge < -0.3 is 19.4 Å². The van der Waals surface area contributed by atoms with Crippen molar-refractivity contribution in [2.45, 2.75) is 13.0 Å². The van der Waals surface area contributed by atoms with Gasteiger partial charge in [0.1, 0.15) is 23.4 Å². The van der Waals surface area contributed by atoms with E-state index in [-0.39, 0.29) is 18.6 Å². The minimum atomic E-state index is -0.345. The zero-order chi connectivity index (χ0) is 19.1. The fourth-order valence-electron chi connectivity index (χ4n) is 2.75. The number of amides is 1. The molecular formula is C21H23N3O3. The molecule has 0 bridgehead atoms. The van der Waals surface area contributed by atoms with Gasteiger partial charge in [0.2, 0.25) is 0 Å². The van der Waals surface area contributed by atoms with Crippen LogP contribution in [-0.4, -0.2) is 28.7 Å². The molecule has 0 saturated carbocycles. The number of rotatable bonds is 8. The fraction of sp³-hybridized carbons (Fsp3) is 0.238. The molecule has 1 heterocycles. The molecule has 1 amide bonds. The third kappa shape index (κ3) is 4.88. The van der Waals surface area contributed by atoms with Gasteiger partial charge in [0.15, 0.2) is 6.61 Å². The smallest absolute Gasteiger partial charge is 0.258 e. The Hall–Kier alpha value is -3.28. The Morgan fingerprint density at radius 2 is 1.74 bits per heavy atom. The maximum absolute atomic E-state index is 12.5. The minimum absolute atomic E-state index is 0.0816. The van der Waals surface area contributed by atoms with Gasteiger partial charge in [-0.25, -0.2) is 4.98 Å². The van der Waals surface area contributed by atoms with Crippen LogP contribution in [0.1, 0.15) is 24.4 Å². The summed E-state index contributed by atoms with van der Waals surface area (Å²) < 4.78 is 12.9. The zero-order valence-corrected chi connectivity index (χ0v) is 15.5. The number of benzene rings is 2. The number of hydrogen-bond acceptors (Lipinski definition) is 4. The van der Waals surface area contributed by atoms with E-state index in [2.05, 4.69) is 10.3 Å². The molecule has 6 nitrogen and oxygen atoms in total. The van der Waals surface area contributed by atoms with Crippen molar-refractivity contribution < 1.29 is 14.3 Å². The van der Waals surface area contributed by atoms with E-state index in [1.54, 1.807) is 18.3 Å². The maximum Gasteiger partial charge on any atom is 0.258 e. The van der Waals surface area contributed by atoms with Crippen molar-refractivity contribution in [1.82, 2.24) is 14.9 Å². The van der Waals surface area contributed by atoms with Gasteiger partial charge in [-0.1, -0.05) is 30.3 Å². The quantitative estimate of drug-likeness (QED) is 0.666. The van der Waals surface area contributed by atoms with E-state index >= 15 is 0 Å². The van der Waals surface area contributed by atoms with E-state index in [1.165, 1.54) is 0 Å². The van der Waals surface area contributed by atoms with Crippen LogP contribution in [0.25, 0.3) is 0 Å². The lowest BCUT2D eigenvalue weighted by atomic mass is 10.1. The van der Waals surface area contributed by atoms with E-state index < -0.39 is 0 Å². The SMILES string of the molecule is CCOc1ccc(OCC(=O)N[C@@H](c2ccccc2)c2nccn2C)cc1. The number of aryl methyl sites for hydroxylation is 1. The number of imidazole rings is 1.